The molecular formula is C16H18N2O2. The summed E-state index contributed by atoms with van der Waals surface area (Å²) in [4.78, 5) is 0. The number of aliphatic hydroxyl groups is 1. The van der Waals surface area contributed by atoms with Crippen LogP contribution < -0.4 is 4.74 Å². The van der Waals surface area contributed by atoms with Crippen LogP contribution in [0.5, 0.6) is 5.75 Å². The van der Waals surface area contributed by atoms with Gasteiger partial charge in [-0.2, -0.15) is 10.2 Å². The van der Waals surface area contributed by atoms with E-state index in [1.54, 1.807) is 0 Å². The first-order chi connectivity index (χ1) is 9.88. The van der Waals surface area contributed by atoms with Gasteiger partial charge in [0.05, 0.1) is 18.0 Å². The first kappa shape index (κ1) is 14.2. The van der Waals surface area contributed by atoms with Gasteiger partial charge in [0, 0.05) is 6.61 Å². The lowest BCUT2D eigenvalue weighted by Gasteiger charge is -2.05. The van der Waals surface area contributed by atoms with Gasteiger partial charge in [-0.05, 0) is 49.2 Å². The van der Waals surface area contributed by atoms with E-state index in [1.807, 2.05) is 54.6 Å². The monoisotopic (exact) mass is 270 g/mol. The lowest BCUT2D eigenvalue weighted by atomic mass is 10.3. The number of hydrogen-bond acceptors (Lipinski definition) is 4. The third-order valence-electron chi connectivity index (χ3n) is 2.70. The second-order valence-electron chi connectivity index (χ2n) is 4.31. The molecule has 0 aliphatic heterocycles. The summed E-state index contributed by atoms with van der Waals surface area (Å²) in [5.74, 6) is 0.807. The van der Waals surface area contributed by atoms with Crippen LogP contribution in [-0.4, -0.2) is 18.3 Å². The van der Waals surface area contributed by atoms with E-state index in [2.05, 4.69) is 10.2 Å². The molecule has 0 spiro atoms. The Hall–Kier alpha value is -2.20. The molecule has 0 unspecified atom stereocenters. The Labute approximate surface area is 118 Å². The quantitative estimate of drug-likeness (QED) is 0.604. The highest BCUT2D eigenvalue weighted by Gasteiger charge is 1.95. The fourth-order valence-corrected chi connectivity index (χ4v) is 1.62. The highest BCUT2D eigenvalue weighted by Crippen LogP contribution is 2.21. The third kappa shape index (κ3) is 4.82. The van der Waals surface area contributed by atoms with Gasteiger partial charge in [0.2, 0.25) is 0 Å². The third-order valence-corrected chi connectivity index (χ3v) is 2.70. The minimum Gasteiger partial charge on any atom is -0.494 e. The van der Waals surface area contributed by atoms with Crippen molar-refractivity contribution in [2.45, 2.75) is 12.8 Å². The summed E-state index contributed by atoms with van der Waals surface area (Å²) in [5, 5.41) is 17.0. The molecule has 0 atom stereocenters. The van der Waals surface area contributed by atoms with E-state index >= 15 is 0 Å². The van der Waals surface area contributed by atoms with Gasteiger partial charge in [-0.1, -0.05) is 18.2 Å². The first-order valence-corrected chi connectivity index (χ1v) is 6.69. The molecule has 4 nitrogen and oxygen atoms in total. The van der Waals surface area contributed by atoms with Crippen molar-refractivity contribution in [3.63, 3.8) is 0 Å². The minimum absolute atomic E-state index is 0.210. The van der Waals surface area contributed by atoms with Crippen molar-refractivity contribution in [1.29, 1.82) is 0 Å². The van der Waals surface area contributed by atoms with Crippen molar-refractivity contribution in [3.8, 4) is 5.75 Å². The van der Waals surface area contributed by atoms with Gasteiger partial charge in [-0.3, -0.25) is 0 Å². The van der Waals surface area contributed by atoms with Crippen LogP contribution >= 0.6 is 0 Å². The summed E-state index contributed by atoms with van der Waals surface area (Å²) in [5.41, 5.74) is 1.62. The van der Waals surface area contributed by atoms with Crippen molar-refractivity contribution in [1.82, 2.24) is 0 Å². The maximum Gasteiger partial charge on any atom is 0.119 e. The zero-order valence-corrected chi connectivity index (χ0v) is 11.3. The molecule has 0 aromatic heterocycles. The lowest BCUT2D eigenvalue weighted by molar-refractivity contribution is 0.253. The molecule has 104 valence electrons. The van der Waals surface area contributed by atoms with Crippen LogP contribution in [0.15, 0.2) is 64.8 Å². The SMILES string of the molecule is OCCCCOc1ccc(/N=N/c2ccccc2)cc1. The molecule has 0 fully saturated rings. The first-order valence-electron chi connectivity index (χ1n) is 6.69. The van der Waals surface area contributed by atoms with Crippen LogP contribution in [0.3, 0.4) is 0 Å². The van der Waals surface area contributed by atoms with Crippen molar-refractivity contribution in [3.05, 3.63) is 54.6 Å². The Balaban J connectivity index is 1.87. The average Bonchev–Trinajstić information content (AvgIpc) is 2.52. The van der Waals surface area contributed by atoms with Gasteiger partial charge >= 0.3 is 0 Å². The van der Waals surface area contributed by atoms with Gasteiger partial charge in [0.15, 0.2) is 0 Å². The topological polar surface area (TPSA) is 54.2 Å². The molecule has 0 heterocycles. The largest absolute Gasteiger partial charge is 0.494 e. The van der Waals surface area contributed by atoms with Gasteiger partial charge in [0.25, 0.3) is 0 Å². The molecule has 2 aromatic carbocycles. The Bertz CT molecular complexity index is 524. The number of azo groups is 1. The predicted molar refractivity (Wildman–Crippen MR) is 78.9 cm³/mol. The number of nitrogens with zero attached hydrogens (tertiary/aromatic N) is 2. The average molecular weight is 270 g/mol. The highest BCUT2D eigenvalue weighted by atomic mass is 16.5. The number of rotatable bonds is 7. The van der Waals surface area contributed by atoms with E-state index in [4.69, 9.17) is 9.84 Å². The Kier molecular flexibility index (Phi) is 5.73. The summed E-state index contributed by atoms with van der Waals surface area (Å²) in [6.07, 6.45) is 1.62. The summed E-state index contributed by atoms with van der Waals surface area (Å²) in [6, 6.07) is 17.1. The maximum absolute atomic E-state index is 8.67. The van der Waals surface area contributed by atoms with Crippen LogP contribution in [0.25, 0.3) is 0 Å². The number of aliphatic hydroxyl groups excluding tert-OH is 1. The Morgan fingerprint density at radius 3 is 2.10 bits per heavy atom. The second kappa shape index (κ2) is 8.07. The zero-order chi connectivity index (χ0) is 14.0. The molecule has 1 N–H and O–H groups in total. The number of ether oxygens (including phenoxy) is 1. The second-order valence-corrected chi connectivity index (χ2v) is 4.31. The van der Waals surface area contributed by atoms with E-state index in [-0.39, 0.29) is 6.61 Å². The van der Waals surface area contributed by atoms with Gasteiger partial charge in [-0.25, -0.2) is 0 Å². The van der Waals surface area contributed by atoms with Crippen LogP contribution in [0, 0.1) is 0 Å². The normalized spacial score (nSPS) is 10.8. The number of unbranched alkanes of at least 4 members (excludes halogenated alkanes) is 1. The van der Waals surface area contributed by atoms with E-state index in [1.165, 1.54) is 0 Å². The van der Waals surface area contributed by atoms with Crippen molar-refractivity contribution < 1.29 is 9.84 Å². The summed E-state index contributed by atoms with van der Waals surface area (Å²) in [7, 11) is 0. The summed E-state index contributed by atoms with van der Waals surface area (Å²) in [6.45, 7) is 0.827. The number of hydrogen-bond donors (Lipinski definition) is 1. The number of benzene rings is 2. The molecule has 4 heteroatoms. The molecule has 0 aliphatic carbocycles. The Morgan fingerprint density at radius 1 is 0.800 bits per heavy atom. The molecule has 0 aliphatic rings. The van der Waals surface area contributed by atoms with E-state index < -0.39 is 0 Å². The molecule has 0 saturated carbocycles. The van der Waals surface area contributed by atoms with Gasteiger partial charge < -0.3 is 9.84 Å². The van der Waals surface area contributed by atoms with Crippen molar-refractivity contribution in [2.75, 3.05) is 13.2 Å². The van der Waals surface area contributed by atoms with Crippen molar-refractivity contribution in [2.24, 2.45) is 10.2 Å². The molecule has 2 aromatic rings. The lowest BCUT2D eigenvalue weighted by Crippen LogP contribution is -1.98. The molecule has 0 amide bonds. The van der Waals surface area contributed by atoms with Crippen LogP contribution in [-0.2, 0) is 0 Å². The fourth-order valence-electron chi connectivity index (χ4n) is 1.62. The van der Waals surface area contributed by atoms with Crippen molar-refractivity contribution >= 4 is 11.4 Å². The summed E-state index contributed by atoms with van der Waals surface area (Å²) >= 11 is 0. The van der Waals surface area contributed by atoms with E-state index in [0.717, 1.165) is 30.0 Å². The summed E-state index contributed by atoms with van der Waals surface area (Å²) < 4.78 is 5.54. The van der Waals surface area contributed by atoms with Crippen LogP contribution in [0.1, 0.15) is 12.8 Å². The highest BCUT2D eigenvalue weighted by molar-refractivity contribution is 5.42. The zero-order valence-electron chi connectivity index (χ0n) is 11.3. The van der Waals surface area contributed by atoms with Gasteiger partial charge in [0.1, 0.15) is 5.75 Å². The predicted octanol–water partition coefficient (Wildman–Crippen LogP) is 4.25. The minimum atomic E-state index is 0.210. The molecule has 20 heavy (non-hydrogen) atoms. The molecule has 0 saturated heterocycles. The standard InChI is InChI=1S/C16H18N2O2/c19-12-4-5-13-20-16-10-8-15(9-11-16)18-17-14-6-2-1-3-7-14/h1-3,6-11,19H,4-5,12-13H2/b18-17+. The molecule has 2 rings (SSSR count). The molecule has 0 radical (unpaired) electrons. The smallest absolute Gasteiger partial charge is 0.119 e. The molecule has 0 bridgehead atoms. The Morgan fingerprint density at radius 2 is 1.45 bits per heavy atom. The maximum atomic E-state index is 8.67. The van der Waals surface area contributed by atoms with Gasteiger partial charge in [-0.15, -0.1) is 0 Å². The van der Waals surface area contributed by atoms with E-state index in [9.17, 15) is 0 Å². The fraction of sp³-hybridized carbons (Fsp3) is 0.250. The van der Waals surface area contributed by atoms with Crippen LogP contribution in [0.4, 0.5) is 11.4 Å². The van der Waals surface area contributed by atoms with Crippen LogP contribution in [0.2, 0.25) is 0 Å². The molecular weight excluding hydrogens is 252 g/mol. The van der Waals surface area contributed by atoms with E-state index in [0.29, 0.717) is 6.61 Å².